The molecule has 1 saturated carbocycles. The first-order valence-corrected chi connectivity index (χ1v) is 7.77. The third-order valence-corrected chi connectivity index (χ3v) is 6.86. The highest BCUT2D eigenvalue weighted by atomic mass is 32.2. The van der Waals surface area contributed by atoms with Gasteiger partial charge in [-0.1, -0.05) is 25.7 Å². The lowest BCUT2D eigenvalue weighted by Gasteiger charge is -2.41. The van der Waals surface area contributed by atoms with Crippen LogP contribution in [0.5, 0.6) is 0 Å². The summed E-state index contributed by atoms with van der Waals surface area (Å²) in [7, 11) is 0. The molecule has 1 N–H and O–H groups in total. The predicted molar refractivity (Wildman–Crippen MR) is 66.0 cm³/mol. The van der Waals surface area contributed by atoms with Crippen molar-refractivity contribution in [1.82, 2.24) is 0 Å². The summed E-state index contributed by atoms with van der Waals surface area (Å²) >= 11 is 4.06. The second-order valence-electron chi connectivity index (χ2n) is 4.33. The van der Waals surface area contributed by atoms with Gasteiger partial charge < -0.3 is 5.11 Å². The lowest BCUT2D eigenvalue weighted by Crippen LogP contribution is -2.39. The van der Waals surface area contributed by atoms with E-state index in [2.05, 4.69) is 0 Å². The zero-order valence-corrected chi connectivity index (χ0v) is 10.3. The highest BCUT2D eigenvalue weighted by Gasteiger charge is 2.40. The van der Waals surface area contributed by atoms with Crippen molar-refractivity contribution in [2.75, 3.05) is 11.5 Å². The molecule has 1 aliphatic heterocycles. The van der Waals surface area contributed by atoms with Crippen LogP contribution in [0.15, 0.2) is 0 Å². The number of rotatable bonds is 0. The Hall–Kier alpha value is 0.660. The number of thioether (sulfide) groups is 2. The van der Waals surface area contributed by atoms with E-state index in [1.807, 2.05) is 23.5 Å². The Morgan fingerprint density at radius 2 is 1.64 bits per heavy atom. The number of aliphatic hydroxyl groups is 1. The van der Waals surface area contributed by atoms with E-state index in [1.165, 1.54) is 50.0 Å². The van der Waals surface area contributed by atoms with E-state index >= 15 is 0 Å². The molecule has 0 amide bonds. The molecule has 0 bridgehead atoms. The lowest BCUT2D eigenvalue weighted by molar-refractivity contribution is 0.137. The normalized spacial score (nSPS) is 33.6. The van der Waals surface area contributed by atoms with Gasteiger partial charge in [-0.05, 0) is 30.8 Å². The minimum atomic E-state index is -0.0573. The Kier molecular flexibility index (Phi) is 4.09. The summed E-state index contributed by atoms with van der Waals surface area (Å²) in [6.07, 6.45) is 8.75. The maximum absolute atomic E-state index is 10.2. The zero-order chi connectivity index (χ0) is 9.86. The molecule has 3 heteroatoms. The molecular weight excluding hydrogens is 212 g/mol. The Morgan fingerprint density at radius 1 is 0.929 bits per heavy atom. The fourth-order valence-corrected chi connectivity index (χ4v) is 5.86. The minimum Gasteiger partial charge on any atom is -0.391 e. The molecule has 2 aliphatic rings. The number of hydrogen-bond acceptors (Lipinski definition) is 3. The third kappa shape index (κ3) is 2.42. The number of aliphatic hydroxyl groups excluding tert-OH is 1. The van der Waals surface area contributed by atoms with E-state index in [1.54, 1.807) is 0 Å². The smallest absolute Gasteiger partial charge is 0.0868 e. The highest BCUT2D eigenvalue weighted by molar-refractivity contribution is 8.18. The summed E-state index contributed by atoms with van der Waals surface area (Å²) in [6, 6.07) is 0. The van der Waals surface area contributed by atoms with Crippen LogP contribution >= 0.6 is 23.5 Å². The Morgan fingerprint density at radius 3 is 2.43 bits per heavy atom. The molecule has 1 unspecified atom stereocenters. The van der Waals surface area contributed by atoms with Crippen molar-refractivity contribution in [2.24, 2.45) is 0 Å². The quantitative estimate of drug-likeness (QED) is 0.692. The van der Waals surface area contributed by atoms with Crippen LogP contribution in [0.1, 0.15) is 44.9 Å². The van der Waals surface area contributed by atoms with Crippen molar-refractivity contribution in [1.29, 1.82) is 0 Å². The van der Waals surface area contributed by atoms with Crippen molar-refractivity contribution >= 4 is 23.5 Å². The molecule has 82 valence electrons. The molecule has 1 heterocycles. The molecule has 1 nitrogen and oxygen atoms in total. The van der Waals surface area contributed by atoms with Crippen LogP contribution in [-0.4, -0.2) is 26.8 Å². The van der Waals surface area contributed by atoms with Gasteiger partial charge >= 0.3 is 0 Å². The van der Waals surface area contributed by atoms with Crippen molar-refractivity contribution in [3.63, 3.8) is 0 Å². The largest absolute Gasteiger partial charge is 0.391 e. The highest BCUT2D eigenvalue weighted by Crippen LogP contribution is 2.50. The average Bonchev–Trinajstić information content (AvgIpc) is 2.22. The van der Waals surface area contributed by atoms with Crippen LogP contribution in [0.2, 0.25) is 0 Å². The number of hydrogen-bond donors (Lipinski definition) is 1. The Balaban J connectivity index is 2.02. The van der Waals surface area contributed by atoms with Gasteiger partial charge in [0.15, 0.2) is 0 Å². The van der Waals surface area contributed by atoms with Crippen LogP contribution in [-0.2, 0) is 0 Å². The molecule has 2 rings (SSSR count). The van der Waals surface area contributed by atoms with Gasteiger partial charge in [-0.25, -0.2) is 0 Å². The van der Waals surface area contributed by atoms with Crippen LogP contribution in [0.25, 0.3) is 0 Å². The van der Waals surface area contributed by atoms with Crippen molar-refractivity contribution < 1.29 is 5.11 Å². The minimum absolute atomic E-state index is 0.0573. The van der Waals surface area contributed by atoms with E-state index in [0.717, 1.165) is 6.42 Å². The first kappa shape index (κ1) is 11.2. The van der Waals surface area contributed by atoms with Gasteiger partial charge in [0, 0.05) is 0 Å². The first-order chi connectivity index (χ1) is 6.83. The SMILES string of the molecule is OC1CCCCCCC12SCCCS2. The average molecular weight is 232 g/mol. The summed E-state index contributed by atoms with van der Waals surface area (Å²) < 4.78 is 0.179. The maximum atomic E-state index is 10.2. The Labute approximate surface area is 95.4 Å². The van der Waals surface area contributed by atoms with Crippen LogP contribution in [0.4, 0.5) is 0 Å². The lowest BCUT2D eigenvalue weighted by atomic mass is 9.98. The fraction of sp³-hybridized carbons (Fsp3) is 1.00. The van der Waals surface area contributed by atoms with Crippen LogP contribution < -0.4 is 0 Å². The summed E-state index contributed by atoms with van der Waals surface area (Å²) in [5.74, 6) is 2.51. The standard InChI is InChI=1S/C11H20OS2/c12-10-6-3-1-2-4-7-11(10)13-8-5-9-14-11/h10,12H,1-9H2. The van der Waals surface area contributed by atoms with E-state index in [-0.39, 0.29) is 10.2 Å². The van der Waals surface area contributed by atoms with E-state index < -0.39 is 0 Å². The Bertz CT molecular complexity index is 178. The van der Waals surface area contributed by atoms with E-state index in [9.17, 15) is 5.11 Å². The van der Waals surface area contributed by atoms with Gasteiger partial charge in [0.25, 0.3) is 0 Å². The molecule has 2 fully saturated rings. The summed E-state index contributed by atoms with van der Waals surface area (Å²) in [5, 5.41) is 10.2. The maximum Gasteiger partial charge on any atom is 0.0868 e. The van der Waals surface area contributed by atoms with Crippen molar-refractivity contribution in [2.45, 2.75) is 55.1 Å². The monoisotopic (exact) mass is 232 g/mol. The summed E-state index contributed by atoms with van der Waals surface area (Å²) in [6.45, 7) is 0. The van der Waals surface area contributed by atoms with Gasteiger partial charge in [0.2, 0.25) is 0 Å². The molecule has 1 aliphatic carbocycles. The van der Waals surface area contributed by atoms with Gasteiger partial charge in [-0.15, -0.1) is 23.5 Å². The fourth-order valence-electron chi connectivity index (χ4n) is 2.38. The van der Waals surface area contributed by atoms with Gasteiger partial charge in [-0.2, -0.15) is 0 Å². The molecular formula is C11H20OS2. The summed E-state index contributed by atoms with van der Waals surface area (Å²) in [4.78, 5) is 0. The van der Waals surface area contributed by atoms with Crippen molar-refractivity contribution in [3.05, 3.63) is 0 Å². The molecule has 1 atom stereocenters. The second kappa shape index (κ2) is 5.13. The zero-order valence-electron chi connectivity index (χ0n) is 8.71. The van der Waals surface area contributed by atoms with Gasteiger partial charge in [0.1, 0.15) is 0 Å². The van der Waals surface area contributed by atoms with Gasteiger partial charge in [0.05, 0.1) is 10.2 Å². The van der Waals surface area contributed by atoms with E-state index in [0.29, 0.717) is 0 Å². The molecule has 14 heavy (non-hydrogen) atoms. The first-order valence-electron chi connectivity index (χ1n) is 5.79. The van der Waals surface area contributed by atoms with E-state index in [4.69, 9.17) is 0 Å². The molecule has 0 aromatic carbocycles. The van der Waals surface area contributed by atoms with Crippen LogP contribution in [0.3, 0.4) is 0 Å². The topological polar surface area (TPSA) is 20.2 Å². The molecule has 1 spiro atoms. The summed E-state index contributed by atoms with van der Waals surface area (Å²) in [5.41, 5.74) is 0. The molecule has 1 saturated heterocycles. The molecule has 0 radical (unpaired) electrons. The molecule has 0 aromatic rings. The van der Waals surface area contributed by atoms with Gasteiger partial charge in [-0.3, -0.25) is 0 Å². The van der Waals surface area contributed by atoms with Crippen molar-refractivity contribution in [3.8, 4) is 0 Å². The van der Waals surface area contributed by atoms with Crippen LogP contribution in [0, 0.1) is 0 Å². The molecule has 0 aromatic heterocycles. The second-order valence-corrected chi connectivity index (χ2v) is 7.44. The predicted octanol–water partition coefficient (Wildman–Crippen LogP) is 3.27. The third-order valence-electron chi connectivity index (χ3n) is 3.24.